The second-order valence-electron chi connectivity index (χ2n) is 8.79. The summed E-state index contributed by atoms with van der Waals surface area (Å²) in [5.41, 5.74) is 4.23. The molecule has 0 radical (unpaired) electrons. The normalized spacial score (nSPS) is 10.9. The molecule has 0 saturated heterocycles. The van der Waals surface area contributed by atoms with E-state index in [-0.39, 0.29) is 23.4 Å². The van der Waals surface area contributed by atoms with E-state index in [0.717, 1.165) is 22.5 Å². The van der Waals surface area contributed by atoms with Crippen molar-refractivity contribution in [2.24, 2.45) is 14.1 Å². The van der Waals surface area contributed by atoms with Gasteiger partial charge < -0.3 is 18.9 Å². The zero-order chi connectivity index (χ0) is 26.0. The van der Waals surface area contributed by atoms with Gasteiger partial charge in [0.15, 0.2) is 0 Å². The molecule has 2 amide bonds. The largest absolute Gasteiger partial charge is 0.340 e. The Morgan fingerprint density at radius 3 is 1.28 bits per heavy atom. The quantitative estimate of drug-likeness (QED) is 0.373. The summed E-state index contributed by atoms with van der Waals surface area (Å²) in [6.07, 6.45) is 0. The molecule has 0 saturated carbocycles. The van der Waals surface area contributed by atoms with Crippen LogP contribution in [0.15, 0.2) is 72.8 Å². The van der Waals surface area contributed by atoms with Gasteiger partial charge in [0.1, 0.15) is 23.0 Å². The third-order valence-corrected chi connectivity index (χ3v) is 6.43. The number of hydrogen-bond donors (Lipinski definition) is 0. The predicted molar refractivity (Wildman–Crippen MR) is 136 cm³/mol. The highest BCUT2D eigenvalue weighted by atomic mass is 19.1. The first-order chi connectivity index (χ1) is 17.2. The molecule has 0 aliphatic heterocycles. The van der Waals surface area contributed by atoms with Crippen LogP contribution in [-0.4, -0.2) is 57.9 Å². The van der Waals surface area contributed by atoms with Gasteiger partial charge >= 0.3 is 0 Å². The van der Waals surface area contributed by atoms with Crippen LogP contribution in [0, 0.1) is 11.6 Å². The summed E-state index contributed by atoms with van der Waals surface area (Å²) in [6, 6.07) is 19.4. The lowest BCUT2D eigenvalue weighted by Gasteiger charge is -2.23. The molecular weight excluding hydrogens is 462 g/mol. The highest BCUT2D eigenvalue weighted by molar-refractivity contribution is 5.95. The van der Waals surface area contributed by atoms with Gasteiger partial charge in [0.05, 0.1) is 0 Å². The molecule has 186 valence electrons. The Morgan fingerprint density at radius 2 is 0.944 bits per heavy atom. The van der Waals surface area contributed by atoms with Crippen LogP contribution in [0.4, 0.5) is 8.78 Å². The summed E-state index contributed by atoms with van der Waals surface area (Å²) in [5.74, 6) is -0.984. The van der Waals surface area contributed by atoms with Gasteiger partial charge in [-0.05, 0) is 83.9 Å². The molecule has 36 heavy (non-hydrogen) atoms. The molecule has 4 aromatic rings. The predicted octanol–water partition coefficient (Wildman–Crippen LogP) is 4.82. The zero-order valence-corrected chi connectivity index (χ0v) is 20.7. The van der Waals surface area contributed by atoms with Crippen LogP contribution in [0.2, 0.25) is 0 Å². The number of likely N-dealkylation sites (N-methyl/N-ethyl adjacent to an activating group) is 2. The summed E-state index contributed by atoms with van der Waals surface area (Å²) >= 11 is 0. The lowest BCUT2D eigenvalue weighted by molar-refractivity contribution is 0.0709. The minimum absolute atomic E-state index is 0.177. The summed E-state index contributed by atoms with van der Waals surface area (Å²) in [6.45, 7) is 0.681. The molecule has 0 N–H and O–H groups in total. The minimum atomic E-state index is -0.315. The number of carbonyl (C=O) groups is 2. The maximum Gasteiger partial charge on any atom is 0.270 e. The molecule has 4 rings (SSSR count). The maximum atomic E-state index is 13.3. The van der Waals surface area contributed by atoms with Gasteiger partial charge in [-0.2, -0.15) is 0 Å². The topological polar surface area (TPSA) is 50.5 Å². The molecule has 6 nitrogen and oxygen atoms in total. The van der Waals surface area contributed by atoms with Crippen LogP contribution in [-0.2, 0) is 14.1 Å². The van der Waals surface area contributed by atoms with E-state index in [0.29, 0.717) is 24.5 Å². The molecule has 0 aliphatic carbocycles. The highest BCUT2D eigenvalue weighted by Crippen LogP contribution is 2.24. The van der Waals surface area contributed by atoms with E-state index in [1.807, 2.05) is 12.1 Å². The molecule has 0 fully saturated rings. The molecule has 2 aromatic carbocycles. The van der Waals surface area contributed by atoms with Crippen LogP contribution >= 0.6 is 0 Å². The molecule has 2 heterocycles. The zero-order valence-electron chi connectivity index (χ0n) is 20.7. The smallest absolute Gasteiger partial charge is 0.270 e. The minimum Gasteiger partial charge on any atom is -0.340 e. The fraction of sp³-hybridized carbons (Fsp3) is 0.214. The number of carbonyl (C=O) groups excluding carboxylic acids is 2. The van der Waals surface area contributed by atoms with Crippen molar-refractivity contribution in [1.29, 1.82) is 0 Å². The summed E-state index contributed by atoms with van der Waals surface area (Å²) in [5, 5.41) is 0. The molecular formula is C28H28F2N4O2. The van der Waals surface area contributed by atoms with Crippen molar-refractivity contribution in [2.75, 3.05) is 27.2 Å². The molecule has 0 atom stereocenters. The van der Waals surface area contributed by atoms with Gasteiger partial charge in [-0.1, -0.05) is 0 Å². The van der Waals surface area contributed by atoms with Crippen molar-refractivity contribution in [2.45, 2.75) is 0 Å². The Kier molecular flexibility index (Phi) is 7.05. The van der Waals surface area contributed by atoms with Crippen LogP contribution in [0.5, 0.6) is 0 Å². The van der Waals surface area contributed by atoms with E-state index in [1.165, 1.54) is 24.3 Å². The summed E-state index contributed by atoms with van der Waals surface area (Å²) < 4.78 is 30.1. The van der Waals surface area contributed by atoms with Gasteiger partial charge in [-0.25, -0.2) is 8.78 Å². The number of rotatable bonds is 7. The van der Waals surface area contributed by atoms with Crippen molar-refractivity contribution < 1.29 is 18.4 Å². The van der Waals surface area contributed by atoms with Crippen molar-refractivity contribution >= 4 is 11.8 Å². The number of aromatic nitrogens is 2. The fourth-order valence-corrected chi connectivity index (χ4v) is 4.17. The Balaban J connectivity index is 1.40. The van der Waals surface area contributed by atoms with Crippen LogP contribution in [0.1, 0.15) is 21.0 Å². The Morgan fingerprint density at radius 1 is 0.611 bits per heavy atom. The number of benzene rings is 2. The lowest BCUT2D eigenvalue weighted by atomic mass is 10.1. The van der Waals surface area contributed by atoms with E-state index in [2.05, 4.69) is 0 Å². The Hall–Kier alpha value is -4.20. The third-order valence-electron chi connectivity index (χ3n) is 6.43. The number of amides is 2. The first-order valence-corrected chi connectivity index (χ1v) is 11.5. The van der Waals surface area contributed by atoms with E-state index in [9.17, 15) is 18.4 Å². The molecule has 2 aromatic heterocycles. The van der Waals surface area contributed by atoms with Crippen molar-refractivity contribution in [3.63, 3.8) is 0 Å². The summed E-state index contributed by atoms with van der Waals surface area (Å²) in [4.78, 5) is 29.3. The average Bonchev–Trinajstić information content (AvgIpc) is 3.45. The van der Waals surface area contributed by atoms with Gasteiger partial charge in [-0.15, -0.1) is 0 Å². The van der Waals surface area contributed by atoms with Gasteiger partial charge in [-0.3, -0.25) is 9.59 Å². The monoisotopic (exact) mass is 490 g/mol. The highest BCUT2D eigenvalue weighted by Gasteiger charge is 2.21. The van der Waals surface area contributed by atoms with Gasteiger partial charge in [0.25, 0.3) is 11.8 Å². The first-order valence-electron chi connectivity index (χ1n) is 11.5. The van der Waals surface area contributed by atoms with Gasteiger partial charge in [0, 0.05) is 52.7 Å². The Labute approximate surface area is 209 Å². The number of hydrogen-bond acceptors (Lipinski definition) is 2. The van der Waals surface area contributed by atoms with Crippen LogP contribution in [0.25, 0.3) is 22.5 Å². The molecule has 0 unspecified atom stereocenters. The van der Waals surface area contributed by atoms with Crippen molar-refractivity contribution in [3.05, 3.63) is 95.8 Å². The molecule has 0 aliphatic rings. The van der Waals surface area contributed by atoms with Crippen molar-refractivity contribution in [1.82, 2.24) is 18.9 Å². The fourth-order valence-electron chi connectivity index (χ4n) is 4.17. The maximum absolute atomic E-state index is 13.3. The van der Waals surface area contributed by atoms with Crippen LogP contribution < -0.4 is 0 Å². The second kappa shape index (κ2) is 10.2. The Bertz CT molecular complexity index is 1280. The SMILES string of the molecule is CN(CCN(C)C(=O)c1ccc(-c2ccc(F)cc2)n1C)C(=O)c1ccc(-c2ccc(F)cc2)n1C. The number of nitrogens with zero attached hydrogens (tertiary/aromatic N) is 4. The van der Waals surface area contributed by atoms with E-state index in [1.54, 1.807) is 83.5 Å². The second-order valence-corrected chi connectivity index (χ2v) is 8.79. The molecule has 0 bridgehead atoms. The standard InChI is InChI=1S/C28H28F2N4O2/c1-31(27(35)25-15-13-23(33(25)3)19-5-9-21(29)10-6-19)17-18-32(2)28(36)26-16-14-24(34(26)4)20-7-11-22(30)12-8-20/h5-16H,17-18H2,1-4H3. The van der Waals surface area contributed by atoms with E-state index < -0.39 is 0 Å². The molecule has 8 heteroatoms. The average molecular weight is 491 g/mol. The van der Waals surface area contributed by atoms with Gasteiger partial charge in [0.2, 0.25) is 0 Å². The van der Waals surface area contributed by atoms with Crippen LogP contribution in [0.3, 0.4) is 0 Å². The van der Waals surface area contributed by atoms with E-state index in [4.69, 9.17) is 0 Å². The molecule has 0 spiro atoms. The third kappa shape index (κ3) is 4.93. The number of halogens is 2. The van der Waals surface area contributed by atoms with Crippen molar-refractivity contribution in [3.8, 4) is 22.5 Å². The summed E-state index contributed by atoms with van der Waals surface area (Å²) in [7, 11) is 6.98. The lowest BCUT2D eigenvalue weighted by Crippen LogP contribution is -2.38. The van der Waals surface area contributed by atoms with E-state index >= 15 is 0 Å². The first kappa shape index (κ1) is 24.9.